The monoisotopic (exact) mass is 581 g/mol. The first-order valence-electron chi connectivity index (χ1n) is 14.9. The highest BCUT2D eigenvalue weighted by Crippen LogP contribution is 2.42. The summed E-state index contributed by atoms with van der Waals surface area (Å²) in [7, 11) is -1.41. The fraction of sp³-hybridized carbons (Fsp3) is 0.594. The fourth-order valence-electron chi connectivity index (χ4n) is 5.55. The number of carbonyl (C=O) groups excluding carboxylic acids is 1. The van der Waals surface area contributed by atoms with Crippen LogP contribution in [0.3, 0.4) is 0 Å². The molecule has 1 aliphatic heterocycles. The van der Waals surface area contributed by atoms with E-state index >= 15 is 0 Å². The molecule has 1 unspecified atom stereocenters. The van der Waals surface area contributed by atoms with Gasteiger partial charge < -0.3 is 23.2 Å². The van der Waals surface area contributed by atoms with Crippen LogP contribution >= 0.6 is 0 Å². The molecule has 3 heterocycles. The highest BCUT2D eigenvalue weighted by atomic mass is 28.3. The first-order chi connectivity index (χ1) is 19.2. The average molecular weight is 582 g/mol. The molecule has 3 aromatic rings. The van der Waals surface area contributed by atoms with E-state index in [1.807, 2.05) is 37.9 Å². The molecule has 1 amide bonds. The first-order valence-corrected chi connectivity index (χ1v) is 17.7. The topological polar surface area (TPSA) is 86.8 Å². The van der Waals surface area contributed by atoms with E-state index in [0.717, 1.165) is 66.6 Å². The summed E-state index contributed by atoms with van der Waals surface area (Å²) in [5, 5.41) is 5.57. The molecule has 9 heteroatoms. The third-order valence-corrected chi connectivity index (χ3v) is 8.41. The quantitative estimate of drug-likeness (QED) is 0.275. The van der Waals surface area contributed by atoms with Gasteiger partial charge in [-0.05, 0) is 88.6 Å². The number of rotatable bonds is 8. The van der Waals surface area contributed by atoms with Crippen LogP contribution in [-0.2, 0) is 22.1 Å². The number of likely N-dealkylation sites (tertiary alicyclic amines) is 1. The van der Waals surface area contributed by atoms with Gasteiger partial charge in [0, 0.05) is 36.3 Å². The second-order valence-electron chi connectivity index (χ2n) is 13.7. The average Bonchev–Trinajstić information content (AvgIpc) is 3.29. The largest absolute Gasteiger partial charge is 0.444 e. The van der Waals surface area contributed by atoms with Crippen LogP contribution in [0.4, 0.5) is 4.79 Å². The summed E-state index contributed by atoms with van der Waals surface area (Å²) in [6, 6.07) is 9.43. The number of nitrogens with zero attached hydrogens (tertiary/aromatic N) is 3. The summed E-state index contributed by atoms with van der Waals surface area (Å²) >= 11 is 0. The van der Waals surface area contributed by atoms with Gasteiger partial charge in [0.25, 0.3) is 5.56 Å². The van der Waals surface area contributed by atoms with Crippen molar-refractivity contribution >= 4 is 26.1 Å². The number of pyridine rings is 1. The standard InChI is InChI=1S/C32H47N3O5Si/c1-31(2,3)29(40-41(7)8)27-23(21-35-18-10-9-11-26(35)36)13-14-24-25(33-39-28(24)27)15-12-22-16-19-34(20-17-22)30(37)38-32(4,5)6/h9-11,13-14,18,22,29,41H,12,15-17,19-21H2,1-8H3. The highest BCUT2D eigenvalue weighted by Gasteiger charge is 2.34. The Morgan fingerprint density at radius 2 is 1.80 bits per heavy atom. The lowest BCUT2D eigenvalue weighted by atomic mass is 9.82. The Labute approximate surface area is 245 Å². The number of carbonyl (C=O) groups is 1. The molecule has 0 bridgehead atoms. The van der Waals surface area contributed by atoms with E-state index < -0.39 is 14.6 Å². The minimum absolute atomic E-state index is 0.0408. The number of fused-ring (bicyclic) bond motifs is 1. The number of hydrogen-bond acceptors (Lipinski definition) is 6. The molecule has 0 spiro atoms. The summed E-state index contributed by atoms with van der Waals surface area (Å²) in [6.45, 7) is 18.5. The van der Waals surface area contributed by atoms with E-state index in [0.29, 0.717) is 12.5 Å². The molecular weight excluding hydrogens is 534 g/mol. The Morgan fingerprint density at radius 1 is 1.10 bits per heavy atom. The van der Waals surface area contributed by atoms with E-state index in [2.05, 4.69) is 51.2 Å². The zero-order valence-electron chi connectivity index (χ0n) is 26.0. The summed E-state index contributed by atoms with van der Waals surface area (Å²) in [5.41, 5.74) is 3.02. The van der Waals surface area contributed by atoms with Gasteiger partial charge in [-0.15, -0.1) is 0 Å². The van der Waals surface area contributed by atoms with Gasteiger partial charge in [-0.2, -0.15) is 0 Å². The van der Waals surface area contributed by atoms with E-state index in [1.165, 1.54) is 0 Å². The molecule has 1 saturated heterocycles. The van der Waals surface area contributed by atoms with Crippen molar-refractivity contribution in [3.63, 3.8) is 0 Å². The Morgan fingerprint density at radius 3 is 2.41 bits per heavy atom. The van der Waals surface area contributed by atoms with E-state index in [4.69, 9.17) is 13.7 Å². The predicted molar refractivity (Wildman–Crippen MR) is 165 cm³/mol. The fourth-order valence-corrected chi connectivity index (χ4v) is 6.63. The second kappa shape index (κ2) is 12.5. The molecule has 2 aromatic heterocycles. The maximum atomic E-state index is 12.6. The summed E-state index contributed by atoms with van der Waals surface area (Å²) < 4.78 is 20.0. The zero-order chi connectivity index (χ0) is 29.9. The Hall–Kier alpha value is -2.91. The molecule has 224 valence electrons. The summed E-state index contributed by atoms with van der Waals surface area (Å²) in [6.07, 6.45) is 5.11. The van der Waals surface area contributed by atoms with Gasteiger partial charge in [-0.25, -0.2) is 4.79 Å². The van der Waals surface area contributed by atoms with Crippen LogP contribution < -0.4 is 5.56 Å². The van der Waals surface area contributed by atoms with Gasteiger partial charge in [0.15, 0.2) is 14.6 Å². The maximum absolute atomic E-state index is 12.6. The number of ether oxygens (including phenoxy) is 1. The minimum Gasteiger partial charge on any atom is -0.444 e. The summed E-state index contributed by atoms with van der Waals surface area (Å²) in [4.78, 5) is 26.9. The molecule has 41 heavy (non-hydrogen) atoms. The number of hydrogen-bond donors (Lipinski definition) is 0. The molecule has 1 aliphatic rings. The smallest absolute Gasteiger partial charge is 0.410 e. The molecule has 0 saturated carbocycles. The third-order valence-electron chi connectivity index (χ3n) is 7.60. The molecular formula is C32H47N3O5Si. The van der Waals surface area contributed by atoms with Crippen LogP contribution in [0.2, 0.25) is 13.1 Å². The van der Waals surface area contributed by atoms with Crippen LogP contribution in [0.5, 0.6) is 0 Å². The number of amides is 1. The second-order valence-corrected chi connectivity index (χ2v) is 16.1. The van der Waals surface area contributed by atoms with E-state index in [9.17, 15) is 9.59 Å². The van der Waals surface area contributed by atoms with Crippen molar-refractivity contribution in [2.24, 2.45) is 11.3 Å². The van der Waals surface area contributed by atoms with Crippen molar-refractivity contribution in [1.82, 2.24) is 14.6 Å². The maximum Gasteiger partial charge on any atom is 0.410 e. The van der Waals surface area contributed by atoms with Crippen LogP contribution in [0.15, 0.2) is 45.8 Å². The normalized spacial score (nSPS) is 16.0. The summed E-state index contributed by atoms with van der Waals surface area (Å²) in [5.74, 6) is 0.515. The van der Waals surface area contributed by atoms with Crippen LogP contribution in [-0.4, -0.2) is 48.4 Å². The van der Waals surface area contributed by atoms with Crippen molar-refractivity contribution in [2.75, 3.05) is 13.1 Å². The van der Waals surface area contributed by atoms with Crippen molar-refractivity contribution < 1.29 is 18.5 Å². The number of aromatic nitrogens is 2. The van der Waals surface area contributed by atoms with Crippen molar-refractivity contribution in [2.45, 2.75) is 98.6 Å². The van der Waals surface area contributed by atoms with Gasteiger partial charge >= 0.3 is 6.09 Å². The molecule has 1 aromatic carbocycles. The van der Waals surface area contributed by atoms with Crippen LogP contribution in [0, 0.1) is 11.3 Å². The van der Waals surface area contributed by atoms with Crippen LogP contribution in [0.1, 0.15) is 83.7 Å². The first kappa shape index (κ1) is 31.0. The van der Waals surface area contributed by atoms with Crippen molar-refractivity contribution in [3.05, 3.63) is 63.7 Å². The van der Waals surface area contributed by atoms with E-state index in [-0.39, 0.29) is 23.2 Å². The zero-order valence-corrected chi connectivity index (χ0v) is 27.2. The van der Waals surface area contributed by atoms with Crippen LogP contribution in [0.25, 0.3) is 11.0 Å². The van der Waals surface area contributed by atoms with Crippen molar-refractivity contribution in [3.8, 4) is 0 Å². The SMILES string of the molecule is C[SiH](C)OC(c1c(Cn2ccccc2=O)ccc2c(CCC3CCN(C(=O)OC(C)(C)C)CC3)noc12)C(C)(C)C. The lowest BCUT2D eigenvalue weighted by Gasteiger charge is -2.34. The molecule has 4 rings (SSSR count). The van der Waals surface area contributed by atoms with Gasteiger partial charge in [-0.1, -0.05) is 38.1 Å². The Bertz CT molecular complexity index is 1390. The Kier molecular flexibility index (Phi) is 9.48. The lowest BCUT2D eigenvalue weighted by Crippen LogP contribution is -2.41. The third kappa shape index (κ3) is 7.89. The predicted octanol–water partition coefficient (Wildman–Crippen LogP) is 6.70. The number of benzene rings is 1. The van der Waals surface area contributed by atoms with E-state index in [1.54, 1.807) is 16.7 Å². The van der Waals surface area contributed by atoms with Gasteiger partial charge in [0.05, 0.1) is 18.3 Å². The number of aryl methyl sites for hydroxylation is 1. The van der Waals surface area contributed by atoms with Crippen molar-refractivity contribution in [1.29, 1.82) is 0 Å². The van der Waals surface area contributed by atoms with Gasteiger partial charge in [-0.3, -0.25) is 4.79 Å². The lowest BCUT2D eigenvalue weighted by molar-refractivity contribution is 0.0181. The molecule has 1 fully saturated rings. The highest BCUT2D eigenvalue weighted by molar-refractivity contribution is 6.48. The molecule has 0 N–H and O–H groups in total. The van der Waals surface area contributed by atoms with Gasteiger partial charge in [0.1, 0.15) is 5.60 Å². The molecule has 1 atom stereocenters. The number of piperidine rings is 1. The molecule has 0 radical (unpaired) electrons. The molecule has 8 nitrogen and oxygen atoms in total. The minimum atomic E-state index is -1.41. The Balaban J connectivity index is 1.58. The molecule has 0 aliphatic carbocycles. The van der Waals surface area contributed by atoms with Gasteiger partial charge in [0.2, 0.25) is 0 Å².